The Bertz CT molecular complexity index is 1100. The summed E-state index contributed by atoms with van der Waals surface area (Å²) in [6.07, 6.45) is 5.71. The van der Waals surface area contributed by atoms with Gasteiger partial charge in [-0.05, 0) is 37.7 Å². The minimum atomic E-state index is -0.350. The Hall–Kier alpha value is -3.64. The highest BCUT2D eigenvalue weighted by Crippen LogP contribution is 2.30. The number of anilines is 1. The van der Waals surface area contributed by atoms with Crippen LogP contribution in [0.4, 0.5) is 10.6 Å². The fraction of sp³-hybridized carbons (Fsp3) is 0.417. The van der Waals surface area contributed by atoms with Crippen molar-refractivity contribution in [2.75, 3.05) is 19.0 Å². The number of carbonyl (C=O) groups is 1. The van der Waals surface area contributed by atoms with Gasteiger partial charge in [0.1, 0.15) is 11.9 Å². The van der Waals surface area contributed by atoms with Crippen LogP contribution in [0.2, 0.25) is 0 Å². The highest BCUT2D eigenvalue weighted by Gasteiger charge is 2.23. The molecular weight excluding hydrogens is 420 g/mol. The van der Waals surface area contributed by atoms with Crippen LogP contribution in [0.15, 0.2) is 42.6 Å². The van der Waals surface area contributed by atoms with Crippen molar-refractivity contribution in [3.63, 3.8) is 0 Å². The number of carbonyl (C=O) groups excluding carboxylic acids is 1. The summed E-state index contributed by atoms with van der Waals surface area (Å²) >= 11 is 0. The molecule has 1 aromatic carbocycles. The number of fused-ring (bicyclic) bond motifs is 1. The predicted octanol–water partition coefficient (Wildman–Crippen LogP) is 4.32. The zero-order valence-electron chi connectivity index (χ0n) is 18.6. The number of methoxy groups -OCH3 is 1. The first-order chi connectivity index (χ1) is 16.2. The first-order valence-corrected chi connectivity index (χ1v) is 11.2. The van der Waals surface area contributed by atoms with E-state index in [2.05, 4.69) is 31.9 Å². The van der Waals surface area contributed by atoms with Gasteiger partial charge in [0.15, 0.2) is 0 Å². The van der Waals surface area contributed by atoms with E-state index in [4.69, 9.17) is 14.7 Å². The minimum absolute atomic E-state index is 0.0479. The number of benzene rings is 1. The molecular formula is C24H28N6O3. The Morgan fingerprint density at radius 2 is 2.06 bits per heavy atom. The Balaban J connectivity index is 1.38. The summed E-state index contributed by atoms with van der Waals surface area (Å²) in [6, 6.07) is 13.3. The van der Waals surface area contributed by atoms with Gasteiger partial charge in [-0.2, -0.15) is 5.26 Å². The van der Waals surface area contributed by atoms with Crippen molar-refractivity contribution in [2.45, 2.75) is 44.2 Å². The molecule has 2 aromatic heterocycles. The fourth-order valence-corrected chi connectivity index (χ4v) is 4.07. The van der Waals surface area contributed by atoms with Crippen molar-refractivity contribution in [1.82, 2.24) is 20.5 Å². The van der Waals surface area contributed by atoms with Gasteiger partial charge in [-0.1, -0.05) is 30.3 Å². The van der Waals surface area contributed by atoms with E-state index in [0.29, 0.717) is 24.7 Å². The van der Waals surface area contributed by atoms with Gasteiger partial charge in [-0.25, -0.2) is 9.78 Å². The number of rotatable bonds is 8. The molecule has 0 radical (unpaired) electrons. The van der Waals surface area contributed by atoms with Crippen LogP contribution in [0.1, 0.15) is 43.7 Å². The van der Waals surface area contributed by atoms with Gasteiger partial charge in [0.05, 0.1) is 23.0 Å². The number of aromatic amines is 1. The maximum absolute atomic E-state index is 12.6. The SMILES string of the molecule is COCC[C@@H](NC(=O)Nc1cc2[nH]nc(OC3CCC(C#N)CC3)c2cn1)c1ccccc1. The number of urea groups is 1. The van der Waals surface area contributed by atoms with E-state index in [0.717, 1.165) is 42.1 Å². The maximum Gasteiger partial charge on any atom is 0.320 e. The molecule has 1 aliphatic carbocycles. The van der Waals surface area contributed by atoms with Crippen molar-refractivity contribution in [2.24, 2.45) is 5.92 Å². The van der Waals surface area contributed by atoms with E-state index in [-0.39, 0.29) is 24.1 Å². The Morgan fingerprint density at radius 1 is 1.27 bits per heavy atom. The second kappa shape index (κ2) is 10.8. The summed E-state index contributed by atoms with van der Waals surface area (Å²) < 4.78 is 11.2. The zero-order valence-corrected chi connectivity index (χ0v) is 18.6. The number of nitrogens with one attached hydrogen (secondary N) is 3. The molecule has 33 heavy (non-hydrogen) atoms. The van der Waals surface area contributed by atoms with E-state index in [1.54, 1.807) is 19.4 Å². The maximum atomic E-state index is 12.6. The van der Waals surface area contributed by atoms with Gasteiger partial charge in [0, 0.05) is 31.9 Å². The molecule has 4 rings (SSSR count). The summed E-state index contributed by atoms with van der Waals surface area (Å²) in [7, 11) is 1.64. The van der Waals surface area contributed by atoms with Crippen LogP contribution in [0.25, 0.3) is 10.9 Å². The number of ether oxygens (including phenoxy) is 2. The van der Waals surface area contributed by atoms with Crippen molar-refractivity contribution in [3.8, 4) is 11.9 Å². The molecule has 172 valence electrons. The Morgan fingerprint density at radius 3 is 2.79 bits per heavy atom. The van der Waals surface area contributed by atoms with Crippen LogP contribution in [0, 0.1) is 17.2 Å². The molecule has 3 N–H and O–H groups in total. The number of hydrogen-bond donors (Lipinski definition) is 3. The van der Waals surface area contributed by atoms with Crippen molar-refractivity contribution >= 4 is 22.8 Å². The lowest BCUT2D eigenvalue weighted by Gasteiger charge is -2.24. The molecule has 0 aliphatic heterocycles. The molecule has 0 spiro atoms. The van der Waals surface area contributed by atoms with Crippen LogP contribution in [0.5, 0.6) is 5.88 Å². The van der Waals surface area contributed by atoms with Crippen LogP contribution in [-0.2, 0) is 4.74 Å². The van der Waals surface area contributed by atoms with E-state index in [1.165, 1.54) is 0 Å². The van der Waals surface area contributed by atoms with Gasteiger partial charge in [0.25, 0.3) is 0 Å². The van der Waals surface area contributed by atoms with Gasteiger partial charge >= 0.3 is 6.03 Å². The summed E-state index contributed by atoms with van der Waals surface area (Å²) in [5.74, 6) is 1.03. The monoisotopic (exact) mass is 448 g/mol. The summed E-state index contributed by atoms with van der Waals surface area (Å²) in [6.45, 7) is 0.527. The van der Waals surface area contributed by atoms with E-state index < -0.39 is 0 Å². The average Bonchev–Trinajstić information content (AvgIpc) is 3.24. The zero-order chi connectivity index (χ0) is 23.0. The lowest BCUT2D eigenvalue weighted by Crippen LogP contribution is -2.33. The molecule has 1 atom stereocenters. The molecule has 9 heteroatoms. The highest BCUT2D eigenvalue weighted by molar-refractivity contribution is 5.92. The van der Waals surface area contributed by atoms with Gasteiger partial charge in [-0.15, -0.1) is 5.10 Å². The summed E-state index contributed by atoms with van der Waals surface area (Å²) in [5.41, 5.74) is 1.73. The first kappa shape index (κ1) is 22.6. The number of nitriles is 1. The second-order valence-electron chi connectivity index (χ2n) is 8.21. The second-order valence-corrected chi connectivity index (χ2v) is 8.21. The Kier molecular flexibility index (Phi) is 7.37. The number of hydrogen-bond acceptors (Lipinski definition) is 6. The number of H-pyrrole nitrogens is 1. The molecule has 2 heterocycles. The normalized spacial score (nSPS) is 18.9. The van der Waals surface area contributed by atoms with Gasteiger partial charge in [0.2, 0.25) is 5.88 Å². The lowest BCUT2D eigenvalue weighted by atomic mass is 9.88. The van der Waals surface area contributed by atoms with Crippen molar-refractivity contribution < 1.29 is 14.3 Å². The molecule has 3 aromatic rings. The molecule has 9 nitrogen and oxygen atoms in total. The van der Waals surface area contributed by atoms with Crippen LogP contribution in [-0.4, -0.2) is 41.0 Å². The molecule has 0 bridgehead atoms. The number of pyridine rings is 1. The smallest absolute Gasteiger partial charge is 0.320 e. The third-order valence-corrected chi connectivity index (χ3v) is 5.91. The van der Waals surface area contributed by atoms with E-state index in [1.807, 2.05) is 30.3 Å². The lowest BCUT2D eigenvalue weighted by molar-refractivity contribution is 0.138. The summed E-state index contributed by atoms with van der Waals surface area (Å²) in [5, 5.41) is 22.8. The van der Waals surface area contributed by atoms with Gasteiger partial charge in [-0.3, -0.25) is 10.4 Å². The Labute approximate surface area is 192 Å². The van der Waals surface area contributed by atoms with Crippen molar-refractivity contribution in [1.29, 1.82) is 5.26 Å². The number of nitrogens with zero attached hydrogens (tertiary/aromatic N) is 3. The van der Waals surface area contributed by atoms with E-state index >= 15 is 0 Å². The molecule has 2 amide bonds. The number of amides is 2. The molecule has 0 unspecified atom stereocenters. The third kappa shape index (κ3) is 5.79. The average molecular weight is 449 g/mol. The van der Waals surface area contributed by atoms with Gasteiger partial charge < -0.3 is 14.8 Å². The fourth-order valence-electron chi connectivity index (χ4n) is 4.07. The highest BCUT2D eigenvalue weighted by atomic mass is 16.5. The first-order valence-electron chi connectivity index (χ1n) is 11.2. The molecule has 1 saturated carbocycles. The predicted molar refractivity (Wildman–Crippen MR) is 124 cm³/mol. The quantitative estimate of drug-likeness (QED) is 0.471. The number of aromatic nitrogens is 3. The van der Waals surface area contributed by atoms with Crippen LogP contribution >= 0.6 is 0 Å². The van der Waals surface area contributed by atoms with Crippen molar-refractivity contribution in [3.05, 3.63) is 48.2 Å². The molecule has 1 fully saturated rings. The summed E-state index contributed by atoms with van der Waals surface area (Å²) in [4.78, 5) is 17.0. The van der Waals surface area contributed by atoms with Crippen LogP contribution in [0.3, 0.4) is 0 Å². The molecule has 1 aliphatic rings. The van der Waals surface area contributed by atoms with E-state index in [9.17, 15) is 4.79 Å². The molecule has 0 saturated heterocycles. The van der Waals surface area contributed by atoms with Crippen LogP contribution < -0.4 is 15.4 Å². The largest absolute Gasteiger partial charge is 0.473 e. The third-order valence-electron chi connectivity index (χ3n) is 5.91. The minimum Gasteiger partial charge on any atom is -0.473 e. The standard InChI is InChI=1S/C24H28N6O3/c1-32-12-11-20(17-5-3-2-4-6-17)27-24(31)28-22-13-21-19(15-26-22)23(30-29-21)33-18-9-7-16(14-25)8-10-18/h2-6,13,15-16,18,20H,7-12H2,1H3,(H,29,30)(H2,26,27,28,31)/t16?,18?,20-/m1/s1. The topological polar surface area (TPSA) is 125 Å².